The zero-order valence-corrected chi connectivity index (χ0v) is 11.5. The summed E-state index contributed by atoms with van der Waals surface area (Å²) in [6, 6.07) is 2.61. The minimum atomic E-state index is -1.24. The highest BCUT2D eigenvalue weighted by Gasteiger charge is 2.29. The monoisotopic (exact) mass is 296 g/mol. The second kappa shape index (κ2) is 6.09. The van der Waals surface area contributed by atoms with Gasteiger partial charge in [0, 0.05) is 19.0 Å². The van der Waals surface area contributed by atoms with Crippen molar-refractivity contribution in [3.8, 4) is 0 Å². The summed E-state index contributed by atoms with van der Waals surface area (Å²) in [7, 11) is 0. The van der Waals surface area contributed by atoms with Crippen molar-refractivity contribution < 1.29 is 24.2 Å². The fraction of sp³-hybridized carbons (Fsp3) is 0.429. The average Bonchev–Trinajstić information content (AvgIpc) is 2.88. The summed E-state index contributed by atoms with van der Waals surface area (Å²) in [6.45, 7) is 2.53. The molecule has 1 fully saturated rings. The quantitative estimate of drug-likeness (QED) is 0.792. The number of rotatable bonds is 3. The first-order chi connectivity index (χ1) is 9.88. The number of aromatic carboxylic acids is 1. The average molecular weight is 296 g/mol. The number of anilines is 1. The highest BCUT2D eigenvalue weighted by Crippen LogP contribution is 2.22. The molecule has 0 bridgehead atoms. The van der Waals surface area contributed by atoms with Crippen LogP contribution in [0.3, 0.4) is 0 Å². The molecule has 1 aromatic rings. The Morgan fingerprint density at radius 3 is 2.76 bits per heavy atom. The molecule has 0 aromatic heterocycles. The Bertz CT molecular complexity index is 562. The molecule has 0 aliphatic carbocycles. The van der Waals surface area contributed by atoms with E-state index in [0.717, 1.165) is 18.2 Å². The zero-order valence-electron chi connectivity index (χ0n) is 11.5. The van der Waals surface area contributed by atoms with Crippen molar-refractivity contribution in [1.82, 2.24) is 4.90 Å². The van der Waals surface area contributed by atoms with Gasteiger partial charge in [-0.3, -0.25) is 0 Å². The normalized spacial score (nSPS) is 19.4. The van der Waals surface area contributed by atoms with Gasteiger partial charge in [0.05, 0.1) is 17.4 Å². The number of carbonyl (C=O) groups is 2. The third-order valence-electron chi connectivity index (χ3n) is 3.65. The number of aliphatic hydroxyl groups is 1. The van der Waals surface area contributed by atoms with E-state index < -0.39 is 23.9 Å². The van der Waals surface area contributed by atoms with Crippen molar-refractivity contribution in [2.24, 2.45) is 5.92 Å². The van der Waals surface area contributed by atoms with Crippen LogP contribution in [0.15, 0.2) is 18.2 Å². The van der Waals surface area contributed by atoms with Crippen LogP contribution in [0, 0.1) is 11.7 Å². The summed E-state index contributed by atoms with van der Waals surface area (Å²) in [5, 5.41) is 21.0. The van der Waals surface area contributed by atoms with Crippen molar-refractivity contribution in [3.63, 3.8) is 0 Å². The van der Waals surface area contributed by atoms with Gasteiger partial charge in [-0.25, -0.2) is 14.0 Å². The molecule has 1 aromatic carbocycles. The molecule has 1 aliphatic heterocycles. The molecular weight excluding hydrogens is 279 g/mol. The van der Waals surface area contributed by atoms with Gasteiger partial charge >= 0.3 is 12.0 Å². The van der Waals surface area contributed by atoms with Crippen molar-refractivity contribution in [3.05, 3.63) is 29.6 Å². The summed E-state index contributed by atoms with van der Waals surface area (Å²) in [5.74, 6) is -1.87. The number of carboxylic acid groups (broad SMARTS) is 1. The van der Waals surface area contributed by atoms with E-state index in [-0.39, 0.29) is 17.2 Å². The van der Waals surface area contributed by atoms with Gasteiger partial charge < -0.3 is 20.4 Å². The van der Waals surface area contributed by atoms with E-state index in [9.17, 15) is 19.1 Å². The molecular formula is C14H17FN2O4. The fourth-order valence-corrected chi connectivity index (χ4v) is 2.37. The molecule has 2 rings (SSSR count). The number of benzene rings is 1. The number of halogens is 1. The van der Waals surface area contributed by atoms with Crippen LogP contribution in [-0.4, -0.2) is 46.3 Å². The summed E-state index contributed by atoms with van der Waals surface area (Å²) in [6.07, 6.45) is 0.173. The number of likely N-dealkylation sites (tertiary alicyclic amines) is 1. The molecule has 3 N–H and O–H groups in total. The summed E-state index contributed by atoms with van der Waals surface area (Å²) >= 11 is 0. The third kappa shape index (κ3) is 3.49. The summed E-state index contributed by atoms with van der Waals surface area (Å²) in [4.78, 5) is 24.6. The van der Waals surface area contributed by atoms with Crippen LogP contribution in [0.25, 0.3) is 0 Å². The highest BCUT2D eigenvalue weighted by atomic mass is 19.1. The topological polar surface area (TPSA) is 89.9 Å². The van der Waals surface area contributed by atoms with E-state index in [1.807, 2.05) is 0 Å². The van der Waals surface area contributed by atoms with Gasteiger partial charge in [0.2, 0.25) is 0 Å². The number of nitrogens with zero attached hydrogens (tertiary/aromatic N) is 1. The minimum Gasteiger partial charge on any atom is -0.478 e. The van der Waals surface area contributed by atoms with Gasteiger partial charge in [-0.15, -0.1) is 0 Å². The SMILES string of the molecule is CC(O)C1CCN(C(=O)Nc2cc(F)ccc2C(=O)O)C1. The van der Waals surface area contributed by atoms with E-state index in [4.69, 9.17) is 5.11 Å². The number of urea groups is 1. The Balaban J connectivity index is 2.10. The lowest BCUT2D eigenvalue weighted by Crippen LogP contribution is -2.34. The molecule has 21 heavy (non-hydrogen) atoms. The molecule has 1 aliphatic rings. The third-order valence-corrected chi connectivity index (χ3v) is 3.65. The molecule has 6 nitrogen and oxygen atoms in total. The fourth-order valence-electron chi connectivity index (χ4n) is 2.37. The standard InChI is InChI=1S/C14H17FN2O4/c1-8(18)9-4-5-17(7-9)14(21)16-12-6-10(15)2-3-11(12)13(19)20/h2-3,6,8-9,18H,4-5,7H2,1H3,(H,16,21)(H,19,20). The lowest BCUT2D eigenvalue weighted by Gasteiger charge is -2.19. The van der Waals surface area contributed by atoms with Crippen molar-refractivity contribution >= 4 is 17.7 Å². The second-order valence-corrected chi connectivity index (χ2v) is 5.16. The van der Waals surface area contributed by atoms with Crippen LogP contribution in [0.5, 0.6) is 0 Å². The lowest BCUT2D eigenvalue weighted by atomic mass is 10.0. The van der Waals surface area contributed by atoms with Gasteiger partial charge in [0.25, 0.3) is 0 Å². The number of aliphatic hydroxyl groups excluding tert-OH is 1. The molecule has 0 saturated carbocycles. The van der Waals surface area contributed by atoms with E-state index in [1.165, 1.54) is 4.90 Å². The van der Waals surface area contributed by atoms with Crippen LogP contribution in [0.1, 0.15) is 23.7 Å². The first-order valence-corrected chi connectivity index (χ1v) is 6.65. The second-order valence-electron chi connectivity index (χ2n) is 5.16. The first-order valence-electron chi connectivity index (χ1n) is 6.65. The molecule has 2 atom stereocenters. The molecule has 1 heterocycles. The molecule has 2 unspecified atom stereocenters. The van der Waals surface area contributed by atoms with Crippen LogP contribution < -0.4 is 5.32 Å². The van der Waals surface area contributed by atoms with E-state index in [0.29, 0.717) is 19.5 Å². The predicted molar refractivity (Wildman–Crippen MR) is 73.7 cm³/mol. The smallest absolute Gasteiger partial charge is 0.337 e. The Morgan fingerprint density at radius 1 is 1.48 bits per heavy atom. The highest BCUT2D eigenvalue weighted by molar-refractivity contribution is 6.00. The van der Waals surface area contributed by atoms with Gasteiger partial charge in [-0.1, -0.05) is 0 Å². The van der Waals surface area contributed by atoms with Gasteiger partial charge in [0.1, 0.15) is 5.82 Å². The van der Waals surface area contributed by atoms with E-state index in [2.05, 4.69) is 5.32 Å². The molecule has 0 radical (unpaired) electrons. The minimum absolute atomic E-state index is 0.00204. The molecule has 0 spiro atoms. The molecule has 7 heteroatoms. The zero-order chi connectivity index (χ0) is 15.6. The largest absolute Gasteiger partial charge is 0.478 e. The Hall–Kier alpha value is -2.15. The number of hydrogen-bond acceptors (Lipinski definition) is 3. The number of hydrogen-bond donors (Lipinski definition) is 3. The van der Waals surface area contributed by atoms with E-state index in [1.54, 1.807) is 6.92 Å². The lowest BCUT2D eigenvalue weighted by molar-refractivity contribution is 0.0698. The predicted octanol–water partition coefficient (Wildman–Crippen LogP) is 1.76. The van der Waals surface area contributed by atoms with Crippen molar-refractivity contribution in [2.45, 2.75) is 19.4 Å². The van der Waals surface area contributed by atoms with Gasteiger partial charge in [-0.2, -0.15) is 0 Å². The molecule has 114 valence electrons. The van der Waals surface area contributed by atoms with Crippen LogP contribution >= 0.6 is 0 Å². The van der Waals surface area contributed by atoms with E-state index >= 15 is 0 Å². The summed E-state index contributed by atoms with van der Waals surface area (Å²) in [5.41, 5.74) is -0.246. The maximum Gasteiger partial charge on any atom is 0.337 e. The first kappa shape index (κ1) is 15.2. The van der Waals surface area contributed by atoms with Crippen LogP contribution in [0.2, 0.25) is 0 Å². The number of carboxylic acids is 1. The Morgan fingerprint density at radius 2 is 2.19 bits per heavy atom. The van der Waals surface area contributed by atoms with Crippen molar-refractivity contribution in [1.29, 1.82) is 0 Å². The Kier molecular flexibility index (Phi) is 4.42. The molecule has 2 amide bonds. The maximum absolute atomic E-state index is 13.2. The number of nitrogens with one attached hydrogen (secondary N) is 1. The number of carbonyl (C=O) groups excluding carboxylic acids is 1. The van der Waals surface area contributed by atoms with Crippen LogP contribution in [-0.2, 0) is 0 Å². The molecule has 1 saturated heterocycles. The van der Waals surface area contributed by atoms with Gasteiger partial charge in [-0.05, 0) is 31.5 Å². The van der Waals surface area contributed by atoms with Gasteiger partial charge in [0.15, 0.2) is 0 Å². The number of amides is 2. The Labute approximate surface area is 121 Å². The van der Waals surface area contributed by atoms with Crippen LogP contribution in [0.4, 0.5) is 14.9 Å². The summed E-state index contributed by atoms with van der Waals surface area (Å²) < 4.78 is 13.2. The maximum atomic E-state index is 13.2. The van der Waals surface area contributed by atoms with Crippen molar-refractivity contribution in [2.75, 3.05) is 18.4 Å².